The van der Waals surface area contributed by atoms with Gasteiger partial charge >= 0.3 is 0 Å². The zero-order chi connectivity index (χ0) is 17.2. The first-order valence-corrected chi connectivity index (χ1v) is 9.54. The van der Waals surface area contributed by atoms with Crippen molar-refractivity contribution < 1.29 is 0 Å². The number of aryl methyl sites for hydroxylation is 2. The van der Waals surface area contributed by atoms with Gasteiger partial charge in [-0.25, -0.2) is 4.98 Å². The Hall–Kier alpha value is -1.88. The largest absolute Gasteiger partial charge is 0.357 e. The molecule has 1 aromatic heterocycles. The summed E-state index contributed by atoms with van der Waals surface area (Å²) < 4.78 is 0. The Morgan fingerprint density at radius 3 is 2.79 bits per heavy atom. The van der Waals surface area contributed by atoms with Crippen LogP contribution in [0.4, 0.5) is 0 Å². The molecule has 1 aromatic carbocycles. The standard InChI is InChI=1S/C19H28N4S/c1-4-17-14-23-18(24-17)10-12-22-19(20-5-2)21-11-9-16-8-6-7-15(3)13-16/h6-8,13-14H,4-5,9-12H2,1-3H3,(H2,20,21,22). The van der Waals surface area contributed by atoms with Crippen molar-refractivity contribution in [2.24, 2.45) is 4.99 Å². The Morgan fingerprint density at radius 2 is 2.08 bits per heavy atom. The van der Waals surface area contributed by atoms with E-state index in [4.69, 9.17) is 0 Å². The molecule has 2 rings (SSSR count). The summed E-state index contributed by atoms with van der Waals surface area (Å²) in [5.74, 6) is 0.887. The van der Waals surface area contributed by atoms with E-state index in [1.807, 2.05) is 6.20 Å². The molecule has 130 valence electrons. The summed E-state index contributed by atoms with van der Waals surface area (Å²) in [5.41, 5.74) is 2.66. The van der Waals surface area contributed by atoms with Crippen LogP contribution < -0.4 is 10.6 Å². The minimum absolute atomic E-state index is 0.760. The van der Waals surface area contributed by atoms with Crippen molar-refractivity contribution >= 4 is 17.3 Å². The van der Waals surface area contributed by atoms with Crippen LogP contribution in [0.2, 0.25) is 0 Å². The van der Waals surface area contributed by atoms with E-state index in [0.717, 1.165) is 44.9 Å². The molecule has 0 unspecified atom stereocenters. The minimum atomic E-state index is 0.760. The maximum absolute atomic E-state index is 4.65. The lowest BCUT2D eigenvalue weighted by Gasteiger charge is -2.11. The molecule has 0 saturated heterocycles. The highest BCUT2D eigenvalue weighted by molar-refractivity contribution is 7.11. The quantitative estimate of drug-likeness (QED) is 0.570. The molecule has 0 aliphatic carbocycles. The molecule has 0 radical (unpaired) electrons. The van der Waals surface area contributed by atoms with Gasteiger partial charge in [0.1, 0.15) is 0 Å². The summed E-state index contributed by atoms with van der Waals surface area (Å²) in [4.78, 5) is 10.4. The first-order valence-electron chi connectivity index (χ1n) is 8.72. The zero-order valence-electron chi connectivity index (χ0n) is 14.9. The van der Waals surface area contributed by atoms with Gasteiger partial charge in [0.2, 0.25) is 0 Å². The second kappa shape index (κ2) is 10.1. The van der Waals surface area contributed by atoms with Crippen molar-refractivity contribution in [3.05, 3.63) is 51.5 Å². The molecular formula is C19H28N4S. The smallest absolute Gasteiger partial charge is 0.191 e. The highest BCUT2D eigenvalue weighted by atomic mass is 32.1. The molecule has 0 fully saturated rings. The number of benzene rings is 1. The second-order valence-electron chi connectivity index (χ2n) is 5.75. The van der Waals surface area contributed by atoms with Crippen molar-refractivity contribution in [2.45, 2.75) is 40.0 Å². The Morgan fingerprint density at radius 1 is 1.21 bits per heavy atom. The van der Waals surface area contributed by atoms with E-state index < -0.39 is 0 Å². The molecular weight excluding hydrogens is 316 g/mol. The number of hydrogen-bond donors (Lipinski definition) is 2. The molecule has 24 heavy (non-hydrogen) atoms. The Kier molecular flexibility index (Phi) is 7.75. The van der Waals surface area contributed by atoms with Crippen molar-refractivity contribution in [3.63, 3.8) is 0 Å². The average Bonchev–Trinajstić information content (AvgIpc) is 3.03. The lowest BCUT2D eigenvalue weighted by molar-refractivity contribution is 0.796. The monoisotopic (exact) mass is 344 g/mol. The summed E-state index contributed by atoms with van der Waals surface area (Å²) in [6, 6.07) is 8.65. The van der Waals surface area contributed by atoms with Crippen LogP contribution in [0.5, 0.6) is 0 Å². The molecule has 0 aliphatic rings. The molecule has 0 saturated carbocycles. The number of thiazole rings is 1. The van der Waals surface area contributed by atoms with Gasteiger partial charge in [0.15, 0.2) is 5.96 Å². The van der Waals surface area contributed by atoms with Crippen molar-refractivity contribution in [3.8, 4) is 0 Å². The fraction of sp³-hybridized carbons (Fsp3) is 0.474. The summed E-state index contributed by atoms with van der Waals surface area (Å²) in [5, 5.41) is 7.89. The van der Waals surface area contributed by atoms with Gasteiger partial charge in [-0.1, -0.05) is 36.8 Å². The third-order valence-corrected chi connectivity index (χ3v) is 4.88. The van der Waals surface area contributed by atoms with Gasteiger partial charge in [0, 0.05) is 37.1 Å². The lowest BCUT2D eigenvalue weighted by Crippen LogP contribution is -2.38. The van der Waals surface area contributed by atoms with Gasteiger partial charge in [-0.3, -0.25) is 4.99 Å². The third-order valence-electron chi connectivity index (χ3n) is 3.68. The molecule has 2 N–H and O–H groups in total. The lowest BCUT2D eigenvalue weighted by atomic mass is 10.1. The van der Waals surface area contributed by atoms with Gasteiger partial charge in [-0.05, 0) is 32.3 Å². The van der Waals surface area contributed by atoms with Crippen LogP contribution in [-0.4, -0.2) is 30.6 Å². The number of rotatable bonds is 8. The highest BCUT2D eigenvalue weighted by Gasteiger charge is 2.01. The molecule has 0 aliphatic heterocycles. The summed E-state index contributed by atoms with van der Waals surface area (Å²) >= 11 is 1.79. The fourth-order valence-corrected chi connectivity index (χ4v) is 3.28. The first-order chi connectivity index (χ1) is 11.7. The van der Waals surface area contributed by atoms with Crippen LogP contribution >= 0.6 is 11.3 Å². The van der Waals surface area contributed by atoms with E-state index in [0.29, 0.717) is 0 Å². The summed E-state index contributed by atoms with van der Waals surface area (Å²) in [7, 11) is 0. The van der Waals surface area contributed by atoms with Crippen LogP contribution in [0.1, 0.15) is 34.9 Å². The molecule has 0 amide bonds. The summed E-state index contributed by atoms with van der Waals surface area (Å²) in [6.45, 7) is 8.89. The zero-order valence-corrected chi connectivity index (χ0v) is 15.7. The predicted octanol–water partition coefficient (Wildman–Crippen LogP) is 3.35. The average molecular weight is 345 g/mol. The summed E-state index contributed by atoms with van der Waals surface area (Å²) in [6.07, 6.45) is 4.94. The molecule has 4 nitrogen and oxygen atoms in total. The molecule has 0 spiro atoms. The Bertz CT molecular complexity index is 648. The van der Waals surface area contributed by atoms with Gasteiger partial charge in [0.05, 0.1) is 5.01 Å². The van der Waals surface area contributed by atoms with E-state index in [1.54, 1.807) is 11.3 Å². The predicted molar refractivity (Wildman–Crippen MR) is 104 cm³/mol. The third kappa shape index (κ3) is 6.32. The normalized spacial score (nSPS) is 11.5. The minimum Gasteiger partial charge on any atom is -0.357 e. The molecule has 2 aromatic rings. The number of aliphatic imine (C=N–C) groups is 1. The van der Waals surface area contributed by atoms with Crippen molar-refractivity contribution in [1.82, 2.24) is 15.6 Å². The van der Waals surface area contributed by atoms with Crippen LogP contribution in [0, 0.1) is 6.92 Å². The van der Waals surface area contributed by atoms with Gasteiger partial charge in [-0.15, -0.1) is 11.3 Å². The van der Waals surface area contributed by atoms with Crippen LogP contribution in [0.25, 0.3) is 0 Å². The second-order valence-corrected chi connectivity index (χ2v) is 6.95. The van der Waals surface area contributed by atoms with Crippen LogP contribution in [0.3, 0.4) is 0 Å². The molecule has 1 heterocycles. The van der Waals surface area contributed by atoms with E-state index in [1.165, 1.54) is 21.0 Å². The first kappa shape index (κ1) is 18.5. The van der Waals surface area contributed by atoms with Crippen LogP contribution in [-0.2, 0) is 19.3 Å². The van der Waals surface area contributed by atoms with Gasteiger partial charge in [-0.2, -0.15) is 0 Å². The van der Waals surface area contributed by atoms with Gasteiger partial charge < -0.3 is 10.6 Å². The SMILES string of the molecule is CCNC(=NCCc1ncc(CC)s1)NCCc1cccc(C)c1. The number of hydrogen-bond acceptors (Lipinski definition) is 3. The van der Waals surface area contributed by atoms with Crippen molar-refractivity contribution in [2.75, 3.05) is 19.6 Å². The maximum atomic E-state index is 4.65. The highest BCUT2D eigenvalue weighted by Crippen LogP contribution is 2.13. The number of aromatic nitrogens is 1. The number of nitrogens with zero attached hydrogens (tertiary/aromatic N) is 2. The Balaban J connectivity index is 1.79. The number of nitrogens with one attached hydrogen (secondary N) is 2. The van der Waals surface area contributed by atoms with E-state index >= 15 is 0 Å². The molecule has 0 bridgehead atoms. The molecule has 0 atom stereocenters. The van der Waals surface area contributed by atoms with Crippen LogP contribution in [0.15, 0.2) is 35.5 Å². The van der Waals surface area contributed by atoms with E-state index in [-0.39, 0.29) is 0 Å². The van der Waals surface area contributed by atoms with Crippen molar-refractivity contribution in [1.29, 1.82) is 0 Å². The fourth-order valence-electron chi connectivity index (χ4n) is 2.43. The topological polar surface area (TPSA) is 49.3 Å². The maximum Gasteiger partial charge on any atom is 0.191 e. The Labute approximate surface area is 149 Å². The molecule has 5 heteroatoms. The number of guanidine groups is 1. The van der Waals surface area contributed by atoms with Gasteiger partial charge in [0.25, 0.3) is 0 Å². The van der Waals surface area contributed by atoms with E-state index in [9.17, 15) is 0 Å². The van der Waals surface area contributed by atoms with E-state index in [2.05, 4.69) is 65.6 Å².